The highest BCUT2D eigenvalue weighted by molar-refractivity contribution is 7.99. The summed E-state index contributed by atoms with van der Waals surface area (Å²) in [6.07, 6.45) is 4.08. The maximum absolute atomic E-state index is 12.5. The molecule has 0 spiro atoms. The second-order valence-corrected chi connectivity index (χ2v) is 9.30. The summed E-state index contributed by atoms with van der Waals surface area (Å²) in [4.78, 5) is 32.2. The molecule has 1 saturated heterocycles. The molecule has 1 aliphatic rings. The lowest BCUT2D eigenvalue weighted by atomic mass is 10.0. The lowest BCUT2D eigenvalue weighted by Crippen LogP contribution is -2.37. The van der Waals surface area contributed by atoms with E-state index in [1.165, 1.54) is 46.4 Å². The molecule has 4 rings (SSSR count). The third kappa shape index (κ3) is 5.28. The van der Waals surface area contributed by atoms with Gasteiger partial charge in [0.2, 0.25) is 5.91 Å². The molecule has 31 heavy (non-hydrogen) atoms. The van der Waals surface area contributed by atoms with Crippen LogP contribution in [0.1, 0.15) is 30.1 Å². The monoisotopic (exact) mass is 458 g/mol. The highest BCUT2D eigenvalue weighted by Gasteiger charge is 2.26. The van der Waals surface area contributed by atoms with E-state index in [-0.39, 0.29) is 17.5 Å². The van der Waals surface area contributed by atoms with Crippen molar-refractivity contribution >= 4 is 34.0 Å². The van der Waals surface area contributed by atoms with Gasteiger partial charge in [-0.05, 0) is 32.0 Å². The minimum absolute atomic E-state index is 0.0157. The Morgan fingerprint density at radius 1 is 1.32 bits per heavy atom. The van der Waals surface area contributed by atoms with Crippen molar-refractivity contribution in [3.05, 3.63) is 63.5 Å². The van der Waals surface area contributed by atoms with Gasteiger partial charge in [0.25, 0.3) is 5.56 Å². The molecule has 1 atom stereocenters. The average molecular weight is 459 g/mol. The van der Waals surface area contributed by atoms with Crippen LogP contribution in [0.3, 0.4) is 0 Å². The zero-order valence-corrected chi connectivity index (χ0v) is 19.1. The Kier molecular flexibility index (Phi) is 7.26. The fourth-order valence-electron chi connectivity index (χ4n) is 3.90. The van der Waals surface area contributed by atoms with Crippen molar-refractivity contribution in [3.8, 4) is 5.75 Å². The molecule has 9 heteroatoms. The Morgan fingerprint density at radius 2 is 2.13 bits per heavy atom. The number of amides is 1. The number of likely N-dealkylation sites (tertiary alicyclic amines) is 1. The molecule has 0 radical (unpaired) electrons. The summed E-state index contributed by atoms with van der Waals surface area (Å²) in [5, 5.41) is 4.93. The van der Waals surface area contributed by atoms with Gasteiger partial charge >= 0.3 is 0 Å². The van der Waals surface area contributed by atoms with Gasteiger partial charge < -0.3 is 10.1 Å². The van der Waals surface area contributed by atoms with Crippen LogP contribution in [0.5, 0.6) is 5.75 Å². The second-order valence-electron chi connectivity index (χ2n) is 7.44. The summed E-state index contributed by atoms with van der Waals surface area (Å²) < 4.78 is 7.09. The van der Waals surface area contributed by atoms with Crippen LogP contribution in [0.25, 0.3) is 4.96 Å². The Bertz CT molecular complexity index is 1090. The average Bonchev–Trinajstić information content (AvgIpc) is 3.47. The number of nitrogens with one attached hydrogen (secondary N) is 1. The number of hydrogen-bond acceptors (Lipinski definition) is 7. The van der Waals surface area contributed by atoms with Crippen molar-refractivity contribution in [3.63, 3.8) is 0 Å². The summed E-state index contributed by atoms with van der Waals surface area (Å²) in [5.41, 5.74) is 1.72. The molecular formula is C22H26N4O3S2. The van der Waals surface area contributed by atoms with Gasteiger partial charge in [0.1, 0.15) is 5.75 Å². The summed E-state index contributed by atoms with van der Waals surface area (Å²) >= 11 is 2.89. The number of methoxy groups -OCH3 is 1. The molecule has 1 aromatic carbocycles. The Labute approximate surface area is 189 Å². The fourth-order valence-corrected chi connectivity index (χ4v) is 5.39. The molecule has 3 aromatic rings. The van der Waals surface area contributed by atoms with Gasteiger partial charge in [-0.1, -0.05) is 18.2 Å². The molecule has 7 nitrogen and oxygen atoms in total. The number of hydrogen-bond donors (Lipinski definition) is 1. The molecule has 164 valence electrons. The number of carbonyl (C=O) groups is 1. The number of thioether (sulfide) groups is 1. The van der Waals surface area contributed by atoms with Gasteiger partial charge in [0.15, 0.2) is 4.96 Å². The van der Waals surface area contributed by atoms with Gasteiger partial charge in [0, 0.05) is 35.5 Å². The maximum Gasteiger partial charge on any atom is 0.258 e. The standard InChI is InChI=1S/C22H26N4O3S2/c1-29-19-7-3-2-6-17(19)18(25-8-4-5-9-25)13-23-20(27)15-30-14-16-12-21(28)26-10-11-31-22(26)24-16/h2-3,6-7,10-12,18H,4-5,8-9,13-15H2,1H3,(H,23,27). The van der Waals surface area contributed by atoms with Crippen LogP contribution in [0.15, 0.2) is 46.7 Å². The van der Waals surface area contributed by atoms with Crippen LogP contribution in [0.4, 0.5) is 0 Å². The van der Waals surface area contributed by atoms with Gasteiger partial charge in [-0.2, -0.15) is 0 Å². The maximum atomic E-state index is 12.5. The first-order chi connectivity index (χ1) is 15.2. The summed E-state index contributed by atoms with van der Waals surface area (Å²) in [5.74, 6) is 1.69. The summed E-state index contributed by atoms with van der Waals surface area (Å²) in [6.45, 7) is 2.60. The Hall–Kier alpha value is -2.36. The van der Waals surface area contributed by atoms with Gasteiger partial charge in [0.05, 0.1) is 24.6 Å². The third-order valence-corrected chi connectivity index (χ3v) is 7.13. The lowest BCUT2D eigenvalue weighted by Gasteiger charge is -2.29. The normalized spacial score (nSPS) is 15.3. The van der Waals surface area contributed by atoms with E-state index in [1.54, 1.807) is 13.3 Å². The summed E-state index contributed by atoms with van der Waals surface area (Å²) in [6, 6.07) is 9.65. The molecule has 1 aliphatic heterocycles. The van der Waals surface area contributed by atoms with E-state index < -0.39 is 0 Å². The number of nitrogens with zero attached hydrogens (tertiary/aromatic N) is 3. The number of benzene rings is 1. The molecule has 1 amide bonds. The van der Waals surface area contributed by atoms with Gasteiger partial charge in [-0.25, -0.2) is 4.98 Å². The Balaban J connectivity index is 1.33. The molecule has 0 aliphatic carbocycles. The smallest absolute Gasteiger partial charge is 0.258 e. The first kappa shape index (κ1) is 21.9. The van der Waals surface area contributed by atoms with Crippen LogP contribution >= 0.6 is 23.1 Å². The predicted molar refractivity (Wildman–Crippen MR) is 125 cm³/mol. The van der Waals surface area contributed by atoms with Crippen molar-refractivity contribution in [2.75, 3.05) is 32.5 Å². The first-order valence-corrected chi connectivity index (χ1v) is 12.4. The minimum atomic E-state index is -0.0865. The number of ether oxygens (including phenoxy) is 1. The van der Waals surface area contributed by atoms with E-state index in [9.17, 15) is 9.59 Å². The zero-order valence-electron chi connectivity index (χ0n) is 17.5. The van der Waals surface area contributed by atoms with Crippen LogP contribution in [-0.2, 0) is 10.5 Å². The zero-order chi connectivity index (χ0) is 21.6. The summed E-state index contributed by atoms with van der Waals surface area (Å²) in [7, 11) is 1.68. The molecule has 2 aromatic heterocycles. The molecule has 3 heterocycles. The van der Waals surface area contributed by atoms with E-state index in [1.807, 2.05) is 23.6 Å². The quantitative estimate of drug-likeness (QED) is 0.531. The SMILES string of the molecule is COc1ccccc1C(CNC(=O)CSCc1cc(=O)n2ccsc2n1)N1CCCC1. The van der Waals surface area contributed by atoms with Crippen molar-refractivity contribution in [2.45, 2.75) is 24.6 Å². The van der Waals surface area contributed by atoms with Gasteiger partial charge in [-0.3, -0.25) is 18.9 Å². The minimum Gasteiger partial charge on any atom is -0.496 e. The second kappa shape index (κ2) is 10.3. The fraction of sp³-hybridized carbons (Fsp3) is 0.409. The highest BCUT2D eigenvalue weighted by atomic mass is 32.2. The van der Waals surface area contributed by atoms with Crippen molar-refractivity contribution in [1.29, 1.82) is 0 Å². The van der Waals surface area contributed by atoms with Crippen molar-refractivity contribution in [2.24, 2.45) is 0 Å². The number of aromatic nitrogens is 2. The van der Waals surface area contributed by atoms with Crippen molar-refractivity contribution in [1.82, 2.24) is 19.6 Å². The van der Waals surface area contributed by atoms with E-state index in [2.05, 4.69) is 21.3 Å². The molecule has 0 saturated carbocycles. The first-order valence-electron chi connectivity index (χ1n) is 10.3. The largest absolute Gasteiger partial charge is 0.496 e. The van der Waals surface area contributed by atoms with Gasteiger partial charge in [-0.15, -0.1) is 23.1 Å². The molecule has 1 unspecified atom stereocenters. The molecule has 0 bridgehead atoms. The molecular weight excluding hydrogens is 432 g/mol. The molecule has 1 N–H and O–H groups in total. The van der Waals surface area contributed by atoms with Crippen LogP contribution in [0.2, 0.25) is 0 Å². The van der Waals surface area contributed by atoms with E-state index >= 15 is 0 Å². The molecule has 1 fully saturated rings. The third-order valence-electron chi connectivity index (χ3n) is 5.41. The predicted octanol–water partition coefficient (Wildman–Crippen LogP) is 2.95. The Morgan fingerprint density at radius 3 is 2.94 bits per heavy atom. The van der Waals surface area contributed by atoms with Crippen LogP contribution < -0.4 is 15.6 Å². The number of fused-ring (bicyclic) bond motifs is 1. The van der Waals surface area contributed by atoms with E-state index in [0.717, 1.165) is 24.4 Å². The number of carbonyl (C=O) groups excluding carboxylic acids is 1. The highest BCUT2D eigenvalue weighted by Crippen LogP contribution is 2.31. The van der Waals surface area contributed by atoms with E-state index in [0.29, 0.717) is 28.7 Å². The number of rotatable bonds is 9. The topological polar surface area (TPSA) is 75.9 Å². The van der Waals surface area contributed by atoms with Crippen molar-refractivity contribution < 1.29 is 9.53 Å². The number of para-hydroxylation sites is 1. The van der Waals surface area contributed by atoms with Crippen LogP contribution in [-0.4, -0.2) is 52.7 Å². The van der Waals surface area contributed by atoms with Crippen LogP contribution in [0, 0.1) is 0 Å². The van der Waals surface area contributed by atoms with E-state index in [4.69, 9.17) is 4.74 Å². The lowest BCUT2D eigenvalue weighted by molar-refractivity contribution is -0.118. The number of thiazole rings is 1.